The highest BCUT2D eigenvalue weighted by atomic mass is 32.1. The summed E-state index contributed by atoms with van der Waals surface area (Å²) in [6.45, 7) is -1.42. The van der Waals surface area contributed by atoms with Crippen molar-refractivity contribution < 1.29 is 17.9 Å². The average Bonchev–Trinajstić information content (AvgIpc) is 1.99. The molecule has 0 aliphatic heterocycles. The molecule has 0 rings (SSSR count). The van der Waals surface area contributed by atoms with Crippen molar-refractivity contribution in [2.24, 2.45) is 5.73 Å². The molecule has 0 aliphatic carbocycles. The fraction of sp³-hybridized carbons (Fsp3) is 0.500. The van der Waals surface area contributed by atoms with E-state index in [-0.39, 0.29) is 10.9 Å². The molecule has 0 aliphatic rings. The molecule has 0 heterocycles. The number of halogens is 3. The molecule has 0 amide bonds. The van der Waals surface area contributed by atoms with Gasteiger partial charge in [0.05, 0.1) is 0 Å². The maximum absolute atomic E-state index is 11.6. The van der Waals surface area contributed by atoms with Gasteiger partial charge in [-0.2, -0.15) is 13.2 Å². The third-order valence-electron chi connectivity index (χ3n) is 0.922. The van der Waals surface area contributed by atoms with Crippen molar-refractivity contribution in [2.75, 3.05) is 13.7 Å². The van der Waals surface area contributed by atoms with Gasteiger partial charge in [0.2, 0.25) is 0 Å². The number of thiocarbonyl (C=S) groups is 1. The number of alkyl halides is 3. The summed E-state index contributed by atoms with van der Waals surface area (Å²) in [6, 6.07) is 0. The van der Waals surface area contributed by atoms with E-state index in [1.165, 1.54) is 7.05 Å². The second kappa shape index (κ2) is 4.90. The van der Waals surface area contributed by atoms with E-state index >= 15 is 0 Å². The largest absolute Gasteiger partial charge is 0.470 e. The highest BCUT2D eigenvalue weighted by Gasteiger charge is 2.28. The van der Waals surface area contributed by atoms with Crippen molar-refractivity contribution in [1.82, 2.24) is 5.32 Å². The monoisotopic (exact) mass is 214 g/mol. The molecule has 3 N–H and O–H groups in total. The number of nitrogens with one attached hydrogen (secondary N) is 1. The molecule has 0 unspecified atom stereocenters. The van der Waals surface area contributed by atoms with E-state index < -0.39 is 12.8 Å². The van der Waals surface area contributed by atoms with Crippen LogP contribution in [-0.2, 0) is 4.74 Å². The maximum atomic E-state index is 11.6. The highest BCUT2D eigenvalue weighted by molar-refractivity contribution is 7.80. The van der Waals surface area contributed by atoms with Crippen LogP contribution in [-0.4, -0.2) is 24.8 Å². The lowest BCUT2D eigenvalue weighted by atomic mass is 10.5. The molecule has 0 aromatic carbocycles. The summed E-state index contributed by atoms with van der Waals surface area (Å²) in [5.41, 5.74) is 5.07. The number of hydrogen-bond donors (Lipinski definition) is 2. The molecular weight excluding hydrogens is 205 g/mol. The number of hydrogen-bond acceptors (Lipinski definition) is 3. The van der Waals surface area contributed by atoms with Gasteiger partial charge in [-0.3, -0.25) is 0 Å². The van der Waals surface area contributed by atoms with Crippen LogP contribution in [0.15, 0.2) is 12.0 Å². The summed E-state index contributed by atoms with van der Waals surface area (Å²) in [5, 5.41) is 2.51. The second-order valence-corrected chi connectivity index (χ2v) is 2.50. The van der Waals surface area contributed by atoms with Gasteiger partial charge in [-0.1, -0.05) is 12.2 Å². The number of nitrogens with two attached hydrogens (primary N) is 1. The van der Waals surface area contributed by atoms with Crippen LogP contribution in [0.3, 0.4) is 0 Å². The Bertz CT molecular complexity index is 214. The Morgan fingerprint density at radius 2 is 2.15 bits per heavy atom. The van der Waals surface area contributed by atoms with E-state index in [0.717, 1.165) is 6.08 Å². The molecule has 7 heteroatoms. The minimum Gasteiger partial charge on any atom is -0.470 e. The smallest absolute Gasteiger partial charge is 0.422 e. The van der Waals surface area contributed by atoms with Crippen molar-refractivity contribution in [3.8, 4) is 0 Å². The SMILES string of the molecule is CNC(=S)C=C(N)OCC(F)(F)F. The Balaban J connectivity index is 3.94. The summed E-state index contributed by atoms with van der Waals surface area (Å²) < 4.78 is 38.9. The lowest BCUT2D eigenvalue weighted by Crippen LogP contribution is -2.21. The molecule has 0 radical (unpaired) electrons. The van der Waals surface area contributed by atoms with E-state index in [1.807, 2.05) is 0 Å². The standard InChI is InChI=1S/C6H9F3N2OS/c1-11-5(13)2-4(10)12-3-6(7,8)9/h2H,3,10H2,1H3,(H,11,13). The fourth-order valence-electron chi connectivity index (χ4n) is 0.408. The molecule has 0 saturated heterocycles. The Morgan fingerprint density at radius 1 is 1.62 bits per heavy atom. The van der Waals surface area contributed by atoms with Crippen LogP contribution in [0.25, 0.3) is 0 Å². The quantitative estimate of drug-likeness (QED) is 0.416. The van der Waals surface area contributed by atoms with E-state index in [4.69, 9.17) is 5.73 Å². The molecule has 3 nitrogen and oxygen atoms in total. The van der Waals surface area contributed by atoms with Gasteiger partial charge in [0, 0.05) is 13.1 Å². The Kier molecular flexibility index (Phi) is 4.53. The summed E-state index contributed by atoms with van der Waals surface area (Å²) >= 11 is 4.61. The van der Waals surface area contributed by atoms with Crippen molar-refractivity contribution >= 4 is 17.2 Å². The van der Waals surface area contributed by atoms with Crippen LogP contribution in [0, 0.1) is 0 Å². The van der Waals surface area contributed by atoms with E-state index in [9.17, 15) is 13.2 Å². The van der Waals surface area contributed by atoms with Crippen molar-refractivity contribution in [2.45, 2.75) is 6.18 Å². The zero-order valence-electron chi connectivity index (χ0n) is 6.81. The molecule has 0 aromatic heterocycles. The molecule has 13 heavy (non-hydrogen) atoms. The number of rotatable bonds is 3. The van der Waals surface area contributed by atoms with Crippen LogP contribution >= 0.6 is 12.2 Å². The predicted octanol–water partition coefficient (Wildman–Crippen LogP) is 0.912. The summed E-state index contributed by atoms with van der Waals surface area (Å²) in [4.78, 5) is 0.208. The van der Waals surface area contributed by atoms with E-state index in [1.54, 1.807) is 0 Å². The average molecular weight is 214 g/mol. The first-order chi connectivity index (χ1) is 5.85. The summed E-state index contributed by atoms with van der Waals surface area (Å²) in [7, 11) is 1.52. The molecule has 0 atom stereocenters. The first kappa shape index (κ1) is 12.0. The zero-order chi connectivity index (χ0) is 10.5. The Morgan fingerprint density at radius 3 is 2.54 bits per heavy atom. The normalized spacial score (nSPS) is 12.5. The molecule has 0 aromatic rings. The minimum atomic E-state index is -4.39. The Hall–Kier alpha value is -0.980. The van der Waals surface area contributed by atoms with Crippen LogP contribution in [0.1, 0.15) is 0 Å². The van der Waals surface area contributed by atoms with Crippen LogP contribution in [0.4, 0.5) is 13.2 Å². The second-order valence-electron chi connectivity index (χ2n) is 2.06. The zero-order valence-corrected chi connectivity index (χ0v) is 7.63. The summed E-state index contributed by atoms with van der Waals surface area (Å²) in [5.74, 6) is -0.364. The van der Waals surface area contributed by atoms with Crippen molar-refractivity contribution in [3.63, 3.8) is 0 Å². The van der Waals surface area contributed by atoms with Crippen LogP contribution in [0.2, 0.25) is 0 Å². The van der Waals surface area contributed by atoms with Gasteiger partial charge in [-0.25, -0.2) is 0 Å². The molecular formula is C6H9F3N2OS. The maximum Gasteiger partial charge on any atom is 0.422 e. The van der Waals surface area contributed by atoms with Gasteiger partial charge in [0.1, 0.15) is 4.99 Å². The number of ether oxygens (including phenoxy) is 1. The summed E-state index contributed by atoms with van der Waals surface area (Å²) in [6.07, 6.45) is -3.29. The Labute approximate surface area is 78.7 Å². The first-order valence-electron chi connectivity index (χ1n) is 3.23. The topological polar surface area (TPSA) is 47.3 Å². The minimum absolute atomic E-state index is 0.208. The molecule has 76 valence electrons. The molecule has 0 saturated carbocycles. The highest BCUT2D eigenvalue weighted by Crippen LogP contribution is 2.15. The molecule has 0 bridgehead atoms. The lowest BCUT2D eigenvalue weighted by Gasteiger charge is -2.08. The van der Waals surface area contributed by atoms with Gasteiger partial charge < -0.3 is 15.8 Å². The van der Waals surface area contributed by atoms with Gasteiger partial charge >= 0.3 is 6.18 Å². The third kappa shape index (κ3) is 7.38. The van der Waals surface area contributed by atoms with Gasteiger partial charge in [-0.15, -0.1) is 0 Å². The van der Waals surface area contributed by atoms with Crippen molar-refractivity contribution in [1.29, 1.82) is 0 Å². The van der Waals surface area contributed by atoms with E-state index in [0.29, 0.717) is 0 Å². The van der Waals surface area contributed by atoms with Gasteiger partial charge in [-0.05, 0) is 0 Å². The predicted molar refractivity (Wildman–Crippen MR) is 45.9 cm³/mol. The van der Waals surface area contributed by atoms with Crippen molar-refractivity contribution in [3.05, 3.63) is 12.0 Å². The third-order valence-corrected chi connectivity index (χ3v) is 1.24. The number of likely N-dealkylation sites (N-methyl/N-ethyl adjacent to an activating group) is 1. The van der Waals surface area contributed by atoms with Gasteiger partial charge in [0.25, 0.3) is 0 Å². The lowest BCUT2D eigenvalue weighted by molar-refractivity contribution is -0.165. The van der Waals surface area contributed by atoms with E-state index in [2.05, 4.69) is 22.3 Å². The fourth-order valence-corrected chi connectivity index (χ4v) is 0.524. The van der Waals surface area contributed by atoms with Crippen LogP contribution < -0.4 is 11.1 Å². The van der Waals surface area contributed by atoms with Gasteiger partial charge in [0.15, 0.2) is 12.5 Å². The molecule has 0 spiro atoms. The molecule has 0 fully saturated rings. The first-order valence-corrected chi connectivity index (χ1v) is 3.64. The van der Waals surface area contributed by atoms with Crippen LogP contribution in [0.5, 0.6) is 0 Å².